The van der Waals surface area contributed by atoms with Crippen LogP contribution in [0, 0.1) is 11.8 Å². The van der Waals surface area contributed by atoms with E-state index < -0.39 is 0 Å². The van der Waals surface area contributed by atoms with E-state index in [1.807, 2.05) is 0 Å². The van der Waals surface area contributed by atoms with Gasteiger partial charge in [-0.05, 0) is 12.1 Å². The van der Waals surface area contributed by atoms with Crippen molar-refractivity contribution in [2.45, 2.75) is 0 Å². The molecule has 0 unspecified atom stereocenters. The van der Waals surface area contributed by atoms with E-state index in [2.05, 4.69) is 24.5 Å². The summed E-state index contributed by atoms with van der Waals surface area (Å²) in [5.41, 5.74) is 6.87. The minimum atomic E-state index is 0.489. The Morgan fingerprint density at radius 1 is 1.57 bits per heavy atom. The van der Waals surface area contributed by atoms with E-state index in [0.29, 0.717) is 27.8 Å². The van der Waals surface area contributed by atoms with E-state index in [-0.39, 0.29) is 0 Å². The summed E-state index contributed by atoms with van der Waals surface area (Å²) in [6.07, 6.45) is 0. The van der Waals surface area contributed by atoms with Crippen LogP contribution in [-0.2, 0) is 0 Å². The molecule has 0 aliphatic carbocycles. The maximum Gasteiger partial charge on any atom is 0.143 e. The summed E-state index contributed by atoms with van der Waals surface area (Å²) in [5, 5.41) is 0.526. The van der Waals surface area contributed by atoms with E-state index in [0.717, 1.165) is 0 Å². The minimum Gasteiger partial charge on any atom is -0.495 e. The zero-order valence-electron chi connectivity index (χ0n) is 7.67. The Morgan fingerprint density at radius 2 is 2.29 bits per heavy atom. The van der Waals surface area contributed by atoms with Gasteiger partial charge in [-0.1, -0.05) is 23.4 Å². The molecule has 2 N–H and O–H groups in total. The third kappa shape index (κ3) is 2.50. The molecule has 0 aliphatic heterocycles. The topological polar surface area (TPSA) is 35.2 Å². The first-order valence-corrected chi connectivity index (χ1v) is 4.92. The van der Waals surface area contributed by atoms with Gasteiger partial charge in [0, 0.05) is 5.56 Å². The second-order valence-corrected chi connectivity index (χ2v) is 3.26. The summed E-state index contributed by atoms with van der Waals surface area (Å²) >= 11 is 9.91. The monoisotopic (exact) mass is 227 g/mol. The van der Waals surface area contributed by atoms with E-state index in [4.69, 9.17) is 22.1 Å². The highest BCUT2D eigenvalue weighted by molar-refractivity contribution is 7.80. The smallest absolute Gasteiger partial charge is 0.143 e. The predicted octanol–water partition coefficient (Wildman–Crippen LogP) is 2.21. The number of ether oxygens (including phenoxy) is 1. The van der Waals surface area contributed by atoms with Crippen molar-refractivity contribution in [3.05, 3.63) is 22.7 Å². The Balaban J connectivity index is 3.17. The molecule has 0 radical (unpaired) electrons. The fraction of sp³-hybridized carbons (Fsp3) is 0.200. The molecule has 0 fully saturated rings. The normalized spacial score (nSPS) is 9.07. The molecule has 4 heteroatoms. The molecule has 0 aliphatic rings. The van der Waals surface area contributed by atoms with Crippen LogP contribution in [0.5, 0.6) is 5.75 Å². The number of hydrogen-bond acceptors (Lipinski definition) is 3. The van der Waals surface area contributed by atoms with Crippen molar-refractivity contribution in [1.82, 2.24) is 0 Å². The molecular formula is C10H10ClNOS. The van der Waals surface area contributed by atoms with Crippen molar-refractivity contribution in [3.8, 4) is 17.6 Å². The third-order valence-corrected chi connectivity index (χ3v) is 2.09. The highest BCUT2D eigenvalue weighted by atomic mass is 35.5. The lowest BCUT2D eigenvalue weighted by molar-refractivity contribution is 0.417. The van der Waals surface area contributed by atoms with Crippen molar-refractivity contribution in [3.63, 3.8) is 0 Å². The number of nitrogen functional groups attached to an aromatic ring is 1. The largest absolute Gasteiger partial charge is 0.495 e. The molecule has 0 atom stereocenters. The predicted molar refractivity (Wildman–Crippen MR) is 63.1 cm³/mol. The molecule has 74 valence electrons. The summed E-state index contributed by atoms with van der Waals surface area (Å²) in [5.74, 6) is 6.75. The van der Waals surface area contributed by atoms with Crippen LogP contribution in [-0.4, -0.2) is 12.9 Å². The Morgan fingerprint density at radius 3 is 2.86 bits per heavy atom. The first-order valence-electron chi connectivity index (χ1n) is 3.91. The van der Waals surface area contributed by atoms with Crippen LogP contribution >= 0.6 is 24.2 Å². The molecule has 0 saturated heterocycles. The van der Waals surface area contributed by atoms with Gasteiger partial charge < -0.3 is 10.5 Å². The van der Waals surface area contributed by atoms with Gasteiger partial charge in [0.25, 0.3) is 0 Å². The van der Waals surface area contributed by atoms with E-state index in [1.54, 1.807) is 19.2 Å². The summed E-state index contributed by atoms with van der Waals surface area (Å²) in [4.78, 5) is 0. The molecule has 0 saturated carbocycles. The van der Waals surface area contributed by atoms with Crippen LogP contribution in [0.25, 0.3) is 0 Å². The number of nitrogens with two attached hydrogens (primary N) is 1. The number of anilines is 1. The standard InChI is InChI=1S/C10H10ClNOS/c1-13-10-5-7(3-2-4-14)8(11)6-9(10)12/h5-6,14H,4,12H2,1H3. The van der Waals surface area contributed by atoms with E-state index >= 15 is 0 Å². The number of hydrogen-bond donors (Lipinski definition) is 2. The SMILES string of the molecule is COc1cc(C#CCS)c(Cl)cc1N. The number of rotatable bonds is 1. The van der Waals surface area contributed by atoms with Gasteiger partial charge in [0.15, 0.2) is 0 Å². The molecule has 1 rings (SSSR count). The van der Waals surface area contributed by atoms with E-state index in [1.165, 1.54) is 0 Å². The molecule has 14 heavy (non-hydrogen) atoms. The van der Waals surface area contributed by atoms with Crippen molar-refractivity contribution in [2.24, 2.45) is 0 Å². The van der Waals surface area contributed by atoms with Gasteiger partial charge in [0.05, 0.1) is 23.6 Å². The first kappa shape index (κ1) is 11.1. The molecule has 1 aromatic rings. The molecular weight excluding hydrogens is 218 g/mol. The average molecular weight is 228 g/mol. The van der Waals surface area contributed by atoms with Crippen LogP contribution in [0.2, 0.25) is 5.02 Å². The molecule has 2 nitrogen and oxygen atoms in total. The van der Waals surface area contributed by atoms with Crippen LogP contribution in [0.4, 0.5) is 5.69 Å². The zero-order valence-corrected chi connectivity index (χ0v) is 9.32. The fourth-order valence-corrected chi connectivity index (χ4v) is 1.27. The Kier molecular flexibility index (Phi) is 3.99. The van der Waals surface area contributed by atoms with Gasteiger partial charge in [0.2, 0.25) is 0 Å². The summed E-state index contributed by atoms with van der Waals surface area (Å²) in [6.45, 7) is 0. The second-order valence-electron chi connectivity index (χ2n) is 2.53. The molecule has 0 heterocycles. The Bertz CT molecular complexity index is 395. The van der Waals surface area contributed by atoms with Gasteiger partial charge >= 0.3 is 0 Å². The lowest BCUT2D eigenvalue weighted by Crippen LogP contribution is -1.93. The molecule has 0 aromatic heterocycles. The van der Waals surface area contributed by atoms with Gasteiger partial charge in [-0.25, -0.2) is 0 Å². The second kappa shape index (κ2) is 5.04. The Hall–Kier alpha value is -0.980. The average Bonchev–Trinajstić information content (AvgIpc) is 2.17. The molecule has 1 aromatic carbocycles. The lowest BCUT2D eigenvalue weighted by atomic mass is 10.2. The van der Waals surface area contributed by atoms with Crippen molar-refractivity contribution >= 4 is 29.9 Å². The quantitative estimate of drug-likeness (QED) is 0.438. The highest BCUT2D eigenvalue weighted by Crippen LogP contribution is 2.28. The molecule has 0 bridgehead atoms. The number of benzene rings is 1. The number of halogens is 1. The van der Waals surface area contributed by atoms with Crippen molar-refractivity contribution in [2.75, 3.05) is 18.6 Å². The molecule has 0 amide bonds. The minimum absolute atomic E-state index is 0.489. The van der Waals surface area contributed by atoms with Crippen LogP contribution in [0.15, 0.2) is 12.1 Å². The first-order chi connectivity index (χ1) is 6.69. The van der Waals surface area contributed by atoms with Crippen molar-refractivity contribution < 1.29 is 4.74 Å². The van der Waals surface area contributed by atoms with Gasteiger partial charge in [-0.2, -0.15) is 12.6 Å². The maximum atomic E-state index is 5.93. The number of methoxy groups -OCH3 is 1. The highest BCUT2D eigenvalue weighted by Gasteiger charge is 2.04. The van der Waals surface area contributed by atoms with Crippen molar-refractivity contribution in [1.29, 1.82) is 0 Å². The lowest BCUT2D eigenvalue weighted by Gasteiger charge is -2.05. The van der Waals surface area contributed by atoms with Crippen LogP contribution in [0.3, 0.4) is 0 Å². The van der Waals surface area contributed by atoms with Crippen LogP contribution in [0.1, 0.15) is 5.56 Å². The van der Waals surface area contributed by atoms with Gasteiger partial charge in [-0.15, -0.1) is 0 Å². The maximum absolute atomic E-state index is 5.93. The molecule has 0 spiro atoms. The number of thiol groups is 1. The summed E-state index contributed by atoms with van der Waals surface area (Å²) in [6, 6.07) is 3.34. The van der Waals surface area contributed by atoms with Gasteiger partial charge in [-0.3, -0.25) is 0 Å². The fourth-order valence-electron chi connectivity index (χ4n) is 0.976. The zero-order chi connectivity index (χ0) is 10.6. The Labute approximate surface area is 93.8 Å². The van der Waals surface area contributed by atoms with Gasteiger partial charge in [0.1, 0.15) is 5.75 Å². The van der Waals surface area contributed by atoms with Crippen LogP contribution < -0.4 is 10.5 Å². The summed E-state index contributed by atoms with van der Waals surface area (Å²) in [7, 11) is 1.55. The van der Waals surface area contributed by atoms with E-state index in [9.17, 15) is 0 Å². The third-order valence-electron chi connectivity index (χ3n) is 1.62. The summed E-state index contributed by atoms with van der Waals surface area (Å²) < 4.78 is 5.05.